The van der Waals surface area contributed by atoms with Crippen LogP contribution in [0.4, 0.5) is 0 Å². The number of hydrogen-bond acceptors (Lipinski definition) is 4. The number of aromatic nitrogens is 2. The first-order valence-corrected chi connectivity index (χ1v) is 5.30. The van der Waals surface area contributed by atoms with Crippen LogP contribution in [0, 0.1) is 13.8 Å². The first-order chi connectivity index (χ1) is 8.18. The van der Waals surface area contributed by atoms with Gasteiger partial charge in [-0.15, -0.1) is 0 Å². The van der Waals surface area contributed by atoms with E-state index < -0.39 is 0 Å². The Hall–Kier alpha value is -2.17. The van der Waals surface area contributed by atoms with Crippen molar-refractivity contribution in [3.8, 4) is 0 Å². The van der Waals surface area contributed by atoms with Gasteiger partial charge in [0.05, 0.1) is 0 Å². The highest BCUT2D eigenvalue weighted by molar-refractivity contribution is 5.92. The summed E-state index contributed by atoms with van der Waals surface area (Å²) in [5, 5.41) is 9.90. The average Bonchev–Trinajstić information content (AvgIpc) is 2.74. The van der Waals surface area contributed by atoms with Crippen LogP contribution in [0.5, 0.6) is 0 Å². The Morgan fingerprint density at radius 3 is 2.71 bits per heavy atom. The fourth-order valence-corrected chi connectivity index (χ4v) is 1.51. The van der Waals surface area contributed by atoms with Gasteiger partial charge in [-0.3, -0.25) is 4.79 Å². The summed E-state index contributed by atoms with van der Waals surface area (Å²) in [5.41, 5.74) is 2.95. The SMILES string of the molecule is Cc1ccccc1CNC(=O)c1nonc1C. The summed E-state index contributed by atoms with van der Waals surface area (Å²) in [6, 6.07) is 7.89. The number of carbonyl (C=O) groups is 1. The predicted octanol–water partition coefficient (Wildman–Crippen LogP) is 1.62. The molecule has 0 atom stereocenters. The standard InChI is InChI=1S/C12H13N3O2/c1-8-5-3-4-6-10(8)7-13-12(16)11-9(2)14-17-15-11/h3-6H,7H2,1-2H3,(H,13,16). The summed E-state index contributed by atoms with van der Waals surface area (Å²) >= 11 is 0. The van der Waals surface area contributed by atoms with E-state index in [1.165, 1.54) is 0 Å². The number of carbonyl (C=O) groups excluding carboxylic acids is 1. The van der Waals surface area contributed by atoms with Crippen molar-refractivity contribution in [2.75, 3.05) is 0 Å². The van der Waals surface area contributed by atoms with Crippen LogP contribution in [-0.4, -0.2) is 16.2 Å². The molecule has 0 saturated heterocycles. The van der Waals surface area contributed by atoms with Crippen molar-refractivity contribution in [2.45, 2.75) is 20.4 Å². The van der Waals surface area contributed by atoms with Crippen LogP contribution in [0.15, 0.2) is 28.9 Å². The second kappa shape index (κ2) is 4.78. The van der Waals surface area contributed by atoms with Gasteiger partial charge in [-0.25, -0.2) is 4.63 Å². The van der Waals surface area contributed by atoms with Crippen LogP contribution in [0.1, 0.15) is 27.3 Å². The summed E-state index contributed by atoms with van der Waals surface area (Å²) in [6.45, 7) is 4.15. The van der Waals surface area contributed by atoms with Gasteiger partial charge in [0.1, 0.15) is 5.69 Å². The van der Waals surface area contributed by atoms with E-state index in [-0.39, 0.29) is 11.6 Å². The molecule has 17 heavy (non-hydrogen) atoms. The Morgan fingerprint density at radius 2 is 2.06 bits per heavy atom. The van der Waals surface area contributed by atoms with E-state index in [0.29, 0.717) is 12.2 Å². The number of hydrogen-bond donors (Lipinski definition) is 1. The third-order valence-electron chi connectivity index (χ3n) is 2.57. The predicted molar refractivity (Wildman–Crippen MR) is 61.4 cm³/mol. The topological polar surface area (TPSA) is 68.0 Å². The molecule has 1 amide bonds. The molecule has 1 N–H and O–H groups in total. The molecule has 0 saturated carbocycles. The number of rotatable bonds is 3. The van der Waals surface area contributed by atoms with Gasteiger partial charge in [-0.1, -0.05) is 29.4 Å². The van der Waals surface area contributed by atoms with Crippen LogP contribution in [0.3, 0.4) is 0 Å². The zero-order valence-electron chi connectivity index (χ0n) is 9.73. The molecular weight excluding hydrogens is 218 g/mol. The Labute approximate surface area is 98.8 Å². The lowest BCUT2D eigenvalue weighted by atomic mass is 10.1. The Kier molecular flexibility index (Phi) is 3.18. The number of nitrogens with zero attached hydrogens (tertiary/aromatic N) is 2. The molecule has 1 aromatic carbocycles. The number of nitrogens with one attached hydrogen (secondary N) is 1. The Balaban J connectivity index is 2.02. The van der Waals surface area contributed by atoms with Gasteiger partial charge in [0, 0.05) is 6.54 Å². The van der Waals surface area contributed by atoms with E-state index in [1.807, 2.05) is 31.2 Å². The maximum atomic E-state index is 11.7. The van der Waals surface area contributed by atoms with Gasteiger partial charge < -0.3 is 5.32 Å². The first-order valence-electron chi connectivity index (χ1n) is 5.30. The van der Waals surface area contributed by atoms with Gasteiger partial charge >= 0.3 is 0 Å². The largest absolute Gasteiger partial charge is 0.346 e. The molecule has 0 spiro atoms. The molecule has 0 aliphatic heterocycles. The molecule has 5 heteroatoms. The van der Waals surface area contributed by atoms with Gasteiger partial charge in [0.25, 0.3) is 5.91 Å². The number of benzene rings is 1. The summed E-state index contributed by atoms with van der Waals surface area (Å²) < 4.78 is 4.48. The van der Waals surface area contributed by atoms with Gasteiger partial charge in [0.2, 0.25) is 0 Å². The molecule has 1 heterocycles. The van der Waals surface area contributed by atoms with Crippen molar-refractivity contribution in [2.24, 2.45) is 0 Å². The molecule has 2 rings (SSSR count). The van der Waals surface area contributed by atoms with Crippen LogP contribution >= 0.6 is 0 Å². The van der Waals surface area contributed by atoms with Crippen molar-refractivity contribution >= 4 is 5.91 Å². The monoisotopic (exact) mass is 231 g/mol. The molecule has 88 valence electrons. The smallest absolute Gasteiger partial charge is 0.275 e. The first kappa shape index (κ1) is 11.3. The minimum Gasteiger partial charge on any atom is -0.346 e. The van der Waals surface area contributed by atoms with Crippen molar-refractivity contribution in [1.29, 1.82) is 0 Å². The minimum absolute atomic E-state index is 0.235. The lowest BCUT2D eigenvalue weighted by Crippen LogP contribution is -2.24. The molecule has 0 aliphatic carbocycles. The molecule has 2 aromatic rings. The fraction of sp³-hybridized carbons (Fsp3) is 0.250. The van der Waals surface area contributed by atoms with Crippen molar-refractivity contribution in [3.63, 3.8) is 0 Å². The zero-order valence-corrected chi connectivity index (χ0v) is 9.73. The van der Waals surface area contributed by atoms with Gasteiger partial charge in [-0.2, -0.15) is 0 Å². The Bertz CT molecular complexity index is 534. The van der Waals surface area contributed by atoms with E-state index in [2.05, 4.69) is 20.3 Å². The number of amides is 1. The fourth-order valence-electron chi connectivity index (χ4n) is 1.51. The highest BCUT2D eigenvalue weighted by Crippen LogP contribution is 2.07. The van der Waals surface area contributed by atoms with Crippen LogP contribution < -0.4 is 5.32 Å². The average molecular weight is 231 g/mol. The molecule has 0 bridgehead atoms. The van der Waals surface area contributed by atoms with Gasteiger partial charge in [0.15, 0.2) is 5.69 Å². The lowest BCUT2D eigenvalue weighted by Gasteiger charge is -2.06. The van der Waals surface area contributed by atoms with E-state index in [0.717, 1.165) is 11.1 Å². The zero-order chi connectivity index (χ0) is 12.3. The molecule has 5 nitrogen and oxygen atoms in total. The second-order valence-corrected chi connectivity index (χ2v) is 3.81. The van der Waals surface area contributed by atoms with Crippen molar-refractivity contribution in [3.05, 3.63) is 46.8 Å². The number of aryl methyl sites for hydroxylation is 2. The van der Waals surface area contributed by atoms with Crippen LogP contribution in [0.25, 0.3) is 0 Å². The maximum Gasteiger partial charge on any atom is 0.275 e. The summed E-state index contributed by atoms with van der Waals surface area (Å²) in [4.78, 5) is 11.7. The van der Waals surface area contributed by atoms with Crippen molar-refractivity contribution in [1.82, 2.24) is 15.6 Å². The lowest BCUT2D eigenvalue weighted by molar-refractivity contribution is 0.0940. The van der Waals surface area contributed by atoms with Crippen molar-refractivity contribution < 1.29 is 9.42 Å². The minimum atomic E-state index is -0.271. The quantitative estimate of drug-likeness (QED) is 0.871. The van der Waals surface area contributed by atoms with E-state index >= 15 is 0 Å². The molecule has 0 aliphatic rings. The Morgan fingerprint density at radius 1 is 1.29 bits per heavy atom. The summed E-state index contributed by atoms with van der Waals surface area (Å²) in [5.74, 6) is -0.271. The molecule has 1 aromatic heterocycles. The molecule has 0 unspecified atom stereocenters. The normalized spacial score (nSPS) is 10.2. The molecule has 0 fully saturated rings. The third-order valence-corrected chi connectivity index (χ3v) is 2.57. The highest BCUT2D eigenvalue weighted by atomic mass is 16.6. The summed E-state index contributed by atoms with van der Waals surface area (Å²) in [7, 11) is 0. The highest BCUT2D eigenvalue weighted by Gasteiger charge is 2.14. The van der Waals surface area contributed by atoms with E-state index in [4.69, 9.17) is 0 Å². The third kappa shape index (κ3) is 2.50. The van der Waals surface area contributed by atoms with Gasteiger partial charge in [-0.05, 0) is 30.1 Å². The van der Waals surface area contributed by atoms with Crippen LogP contribution in [-0.2, 0) is 6.54 Å². The molecule has 0 radical (unpaired) electrons. The van der Waals surface area contributed by atoms with E-state index in [1.54, 1.807) is 6.92 Å². The summed E-state index contributed by atoms with van der Waals surface area (Å²) in [6.07, 6.45) is 0. The maximum absolute atomic E-state index is 11.7. The molecular formula is C12H13N3O2. The second-order valence-electron chi connectivity index (χ2n) is 3.81. The van der Waals surface area contributed by atoms with Crippen LogP contribution in [0.2, 0.25) is 0 Å². The van der Waals surface area contributed by atoms with E-state index in [9.17, 15) is 4.79 Å².